The summed E-state index contributed by atoms with van der Waals surface area (Å²) in [4.78, 5) is 11.6. The van der Waals surface area contributed by atoms with Crippen LogP contribution in [-0.2, 0) is 4.79 Å². The van der Waals surface area contributed by atoms with Crippen molar-refractivity contribution in [1.82, 2.24) is 0 Å². The quantitative estimate of drug-likeness (QED) is 0.410. The van der Waals surface area contributed by atoms with Gasteiger partial charge in [0.2, 0.25) is 0 Å². The van der Waals surface area contributed by atoms with E-state index in [1.807, 2.05) is 6.08 Å². The van der Waals surface area contributed by atoms with E-state index in [1.54, 1.807) is 0 Å². The number of hydrogen-bond acceptors (Lipinski definition) is 3. The predicted molar refractivity (Wildman–Crippen MR) is 93.1 cm³/mol. The van der Waals surface area contributed by atoms with Crippen LogP contribution < -0.4 is 0 Å². The van der Waals surface area contributed by atoms with Crippen LogP contribution in [0.4, 0.5) is 0 Å². The van der Waals surface area contributed by atoms with E-state index in [9.17, 15) is 15.0 Å². The van der Waals surface area contributed by atoms with E-state index in [-0.39, 0.29) is 23.5 Å². The maximum absolute atomic E-state index is 11.6. The number of ketones is 1. The van der Waals surface area contributed by atoms with Crippen molar-refractivity contribution in [2.75, 3.05) is 0 Å². The fraction of sp³-hybridized carbons (Fsp3) is 0.750. The Labute approximate surface area is 140 Å². The van der Waals surface area contributed by atoms with E-state index in [4.69, 9.17) is 0 Å². The Morgan fingerprint density at radius 1 is 1.30 bits per heavy atom. The Morgan fingerprint density at radius 3 is 2.74 bits per heavy atom. The lowest BCUT2D eigenvalue weighted by Crippen LogP contribution is -2.22. The summed E-state index contributed by atoms with van der Waals surface area (Å²) in [5.74, 6) is 1.35. The van der Waals surface area contributed by atoms with Gasteiger partial charge in [0.1, 0.15) is 5.78 Å². The molecule has 2 aliphatic rings. The van der Waals surface area contributed by atoms with Crippen LogP contribution in [0.15, 0.2) is 23.5 Å². The highest BCUT2D eigenvalue weighted by atomic mass is 16.3. The molecule has 3 nitrogen and oxygen atoms in total. The number of unbranched alkanes of at least 4 members (excludes halogenated alkanes) is 1. The van der Waals surface area contributed by atoms with Gasteiger partial charge in [0.15, 0.2) is 0 Å². The molecular weight excluding hydrogens is 288 g/mol. The van der Waals surface area contributed by atoms with Crippen molar-refractivity contribution in [2.24, 2.45) is 23.7 Å². The van der Waals surface area contributed by atoms with Crippen LogP contribution in [0, 0.1) is 23.7 Å². The standard InChI is InChI=1S/C20H32O3/c1-13(2)6-4-5-7-14(3)8-9-18(22)20-17-12-16(21)10-15(17)11-19(20)23/h6,9,14-15,17,19-20,22-23H,4-5,7-8,10-12H2,1-3H3/t14?,15-,17-,19-,20+/m1/s1. The first-order valence-corrected chi connectivity index (χ1v) is 9.10. The topological polar surface area (TPSA) is 57.5 Å². The highest BCUT2D eigenvalue weighted by molar-refractivity contribution is 5.81. The summed E-state index contributed by atoms with van der Waals surface area (Å²) in [7, 11) is 0. The summed E-state index contributed by atoms with van der Waals surface area (Å²) in [6, 6.07) is 0. The number of Topliss-reactive ketones (excluding diaryl/α,β-unsaturated/α-hetero) is 1. The predicted octanol–water partition coefficient (Wildman–Crippen LogP) is 4.57. The van der Waals surface area contributed by atoms with Gasteiger partial charge in [-0.25, -0.2) is 0 Å². The fourth-order valence-electron chi connectivity index (χ4n) is 4.23. The van der Waals surface area contributed by atoms with Crippen molar-refractivity contribution >= 4 is 5.78 Å². The zero-order chi connectivity index (χ0) is 17.0. The Morgan fingerprint density at radius 2 is 2.04 bits per heavy atom. The number of aliphatic hydroxyl groups excluding tert-OH is 2. The molecule has 2 aliphatic carbocycles. The van der Waals surface area contributed by atoms with Gasteiger partial charge < -0.3 is 10.2 Å². The molecule has 0 aromatic heterocycles. The molecule has 1 unspecified atom stereocenters. The van der Waals surface area contributed by atoms with Crippen molar-refractivity contribution in [3.8, 4) is 0 Å². The Hall–Kier alpha value is -1.09. The average Bonchev–Trinajstić information content (AvgIpc) is 2.95. The van der Waals surface area contributed by atoms with Crippen LogP contribution in [0.1, 0.15) is 65.7 Å². The van der Waals surface area contributed by atoms with Crippen molar-refractivity contribution in [3.05, 3.63) is 23.5 Å². The largest absolute Gasteiger partial charge is 0.512 e. The normalized spacial score (nSPS) is 32.0. The molecule has 2 N–H and O–H groups in total. The Balaban J connectivity index is 1.82. The van der Waals surface area contributed by atoms with Crippen LogP contribution in [-0.4, -0.2) is 22.1 Å². The zero-order valence-corrected chi connectivity index (χ0v) is 14.8. The molecule has 0 bridgehead atoms. The van der Waals surface area contributed by atoms with Crippen LogP contribution >= 0.6 is 0 Å². The second-order valence-electron chi connectivity index (χ2n) is 7.88. The van der Waals surface area contributed by atoms with E-state index < -0.39 is 6.10 Å². The zero-order valence-electron chi connectivity index (χ0n) is 14.8. The summed E-state index contributed by atoms with van der Waals surface area (Å²) >= 11 is 0. The number of carbonyl (C=O) groups excluding carboxylic acids is 1. The SMILES string of the molecule is CC(C)=CCCCC(C)CC=C(O)[C@@H]1[C@@H]2CC(=O)C[C@@H]2C[C@H]1O. The number of allylic oxidation sites excluding steroid dienone is 3. The molecule has 0 spiro atoms. The molecule has 5 atom stereocenters. The van der Waals surface area contributed by atoms with Crippen molar-refractivity contribution < 1.29 is 15.0 Å². The fourth-order valence-corrected chi connectivity index (χ4v) is 4.23. The number of aliphatic hydroxyl groups is 2. The molecular formula is C20H32O3. The third-order valence-electron chi connectivity index (χ3n) is 5.50. The van der Waals surface area contributed by atoms with Crippen LogP contribution in [0.3, 0.4) is 0 Å². The van der Waals surface area contributed by atoms with Gasteiger partial charge >= 0.3 is 0 Å². The lowest BCUT2D eigenvalue weighted by Gasteiger charge is -2.20. The second kappa shape index (κ2) is 8.14. The van der Waals surface area contributed by atoms with E-state index >= 15 is 0 Å². The lowest BCUT2D eigenvalue weighted by atomic mass is 9.88. The summed E-state index contributed by atoms with van der Waals surface area (Å²) in [5.41, 5.74) is 1.37. The van der Waals surface area contributed by atoms with Crippen molar-refractivity contribution in [1.29, 1.82) is 0 Å². The molecule has 0 saturated heterocycles. The first-order chi connectivity index (χ1) is 10.9. The Bertz CT molecular complexity index is 473. The van der Waals surface area contributed by atoms with Gasteiger partial charge in [0, 0.05) is 18.8 Å². The monoisotopic (exact) mass is 320 g/mol. The van der Waals surface area contributed by atoms with Crippen LogP contribution in [0.2, 0.25) is 0 Å². The summed E-state index contributed by atoms with van der Waals surface area (Å²) < 4.78 is 0. The highest BCUT2D eigenvalue weighted by Gasteiger charge is 2.49. The maximum atomic E-state index is 11.6. The molecule has 2 rings (SSSR count). The minimum atomic E-state index is -0.484. The van der Waals surface area contributed by atoms with Crippen LogP contribution in [0.5, 0.6) is 0 Å². The first-order valence-electron chi connectivity index (χ1n) is 9.10. The Kier molecular flexibility index (Phi) is 6.46. The molecule has 23 heavy (non-hydrogen) atoms. The molecule has 0 aromatic carbocycles. The molecule has 0 aromatic rings. The van der Waals surface area contributed by atoms with Gasteiger partial charge in [-0.05, 0) is 63.4 Å². The van der Waals surface area contributed by atoms with E-state index in [0.29, 0.717) is 30.9 Å². The van der Waals surface area contributed by atoms with Crippen molar-refractivity contribution in [3.63, 3.8) is 0 Å². The number of rotatable bonds is 7. The van der Waals surface area contributed by atoms with Gasteiger partial charge in [-0.2, -0.15) is 0 Å². The average molecular weight is 320 g/mol. The van der Waals surface area contributed by atoms with Gasteiger partial charge in [-0.3, -0.25) is 4.79 Å². The summed E-state index contributed by atoms with van der Waals surface area (Å²) in [6.45, 7) is 6.45. The second-order valence-corrected chi connectivity index (χ2v) is 7.88. The molecule has 0 radical (unpaired) electrons. The van der Waals surface area contributed by atoms with Gasteiger partial charge in [0.05, 0.1) is 11.9 Å². The molecule has 0 heterocycles. The lowest BCUT2D eigenvalue weighted by molar-refractivity contribution is -0.118. The molecule has 0 amide bonds. The third kappa shape index (κ3) is 4.94. The minimum absolute atomic E-state index is 0.154. The smallest absolute Gasteiger partial charge is 0.133 e. The van der Waals surface area contributed by atoms with Gasteiger partial charge in [0.25, 0.3) is 0 Å². The molecule has 3 heteroatoms. The van der Waals surface area contributed by atoms with Crippen LogP contribution in [0.25, 0.3) is 0 Å². The molecule has 2 fully saturated rings. The number of carbonyl (C=O) groups is 1. The summed E-state index contributed by atoms with van der Waals surface area (Å²) in [6.07, 6.45) is 9.74. The van der Waals surface area contributed by atoms with Crippen molar-refractivity contribution in [2.45, 2.75) is 71.8 Å². The maximum Gasteiger partial charge on any atom is 0.133 e. The van der Waals surface area contributed by atoms with Gasteiger partial charge in [-0.15, -0.1) is 0 Å². The third-order valence-corrected chi connectivity index (χ3v) is 5.50. The minimum Gasteiger partial charge on any atom is -0.512 e. The van der Waals surface area contributed by atoms with E-state index in [1.165, 1.54) is 12.0 Å². The molecule has 0 aliphatic heterocycles. The number of hydrogen-bond donors (Lipinski definition) is 2. The van der Waals surface area contributed by atoms with E-state index in [2.05, 4.69) is 26.8 Å². The number of fused-ring (bicyclic) bond motifs is 1. The molecule has 2 saturated carbocycles. The van der Waals surface area contributed by atoms with E-state index in [0.717, 1.165) is 19.3 Å². The summed E-state index contributed by atoms with van der Waals surface area (Å²) in [5, 5.41) is 20.6. The first kappa shape index (κ1) is 18.3. The van der Waals surface area contributed by atoms with Gasteiger partial charge in [-0.1, -0.05) is 25.0 Å². The molecule has 130 valence electrons. The highest BCUT2D eigenvalue weighted by Crippen LogP contribution is 2.48.